The van der Waals surface area contributed by atoms with E-state index in [1.165, 1.54) is 18.2 Å². The van der Waals surface area contributed by atoms with E-state index in [-0.39, 0.29) is 5.56 Å². The standard InChI is InChI=1S/C15H13BrF3NO/c16-10-5-7-11(8-6-10)20-14(9-21)12-3-1-2-4-13(12)15(17,18)19/h1-8,14,20-21H,9H2. The molecule has 2 nitrogen and oxygen atoms in total. The van der Waals surface area contributed by atoms with E-state index >= 15 is 0 Å². The van der Waals surface area contributed by atoms with Gasteiger partial charge in [0.1, 0.15) is 0 Å². The molecule has 0 spiro atoms. The summed E-state index contributed by atoms with van der Waals surface area (Å²) in [7, 11) is 0. The highest BCUT2D eigenvalue weighted by molar-refractivity contribution is 9.10. The predicted octanol–water partition coefficient (Wildman–Crippen LogP) is 4.61. The van der Waals surface area contributed by atoms with Crippen molar-refractivity contribution in [3.05, 3.63) is 64.1 Å². The fraction of sp³-hybridized carbons (Fsp3) is 0.200. The summed E-state index contributed by atoms with van der Waals surface area (Å²) < 4.78 is 39.9. The number of rotatable bonds is 4. The van der Waals surface area contributed by atoms with E-state index in [1.54, 1.807) is 24.3 Å². The number of alkyl halides is 3. The molecular weight excluding hydrogens is 347 g/mol. The van der Waals surface area contributed by atoms with E-state index in [1.807, 2.05) is 0 Å². The van der Waals surface area contributed by atoms with E-state index < -0.39 is 24.4 Å². The third-order valence-electron chi connectivity index (χ3n) is 3.01. The topological polar surface area (TPSA) is 32.3 Å². The molecule has 1 atom stereocenters. The first-order valence-electron chi connectivity index (χ1n) is 6.21. The van der Waals surface area contributed by atoms with Crippen LogP contribution in [0.3, 0.4) is 0 Å². The van der Waals surface area contributed by atoms with Gasteiger partial charge in [-0.15, -0.1) is 0 Å². The Morgan fingerprint density at radius 1 is 1.05 bits per heavy atom. The van der Waals surface area contributed by atoms with Crippen LogP contribution in [0.2, 0.25) is 0 Å². The highest BCUT2D eigenvalue weighted by Crippen LogP contribution is 2.35. The highest BCUT2D eigenvalue weighted by Gasteiger charge is 2.34. The largest absolute Gasteiger partial charge is 0.416 e. The monoisotopic (exact) mass is 359 g/mol. The lowest BCUT2D eigenvalue weighted by Gasteiger charge is -2.22. The van der Waals surface area contributed by atoms with Crippen LogP contribution >= 0.6 is 15.9 Å². The molecule has 2 N–H and O–H groups in total. The second kappa shape index (κ2) is 6.49. The minimum absolute atomic E-state index is 0.0235. The number of halogens is 4. The summed E-state index contributed by atoms with van der Waals surface area (Å²) in [5.74, 6) is 0. The van der Waals surface area contributed by atoms with Crippen molar-refractivity contribution in [2.45, 2.75) is 12.2 Å². The lowest BCUT2D eigenvalue weighted by molar-refractivity contribution is -0.138. The average Bonchev–Trinajstić information content (AvgIpc) is 2.46. The fourth-order valence-electron chi connectivity index (χ4n) is 2.03. The van der Waals surface area contributed by atoms with Gasteiger partial charge in [-0.1, -0.05) is 34.1 Å². The zero-order valence-electron chi connectivity index (χ0n) is 10.9. The lowest BCUT2D eigenvalue weighted by atomic mass is 10.00. The van der Waals surface area contributed by atoms with Gasteiger partial charge in [-0.3, -0.25) is 0 Å². The quantitative estimate of drug-likeness (QED) is 0.835. The Hall–Kier alpha value is -1.53. The fourth-order valence-corrected chi connectivity index (χ4v) is 2.29. The molecule has 0 aliphatic heterocycles. The molecular formula is C15H13BrF3NO. The third kappa shape index (κ3) is 3.98. The maximum absolute atomic E-state index is 13.0. The number of hydrogen-bond donors (Lipinski definition) is 2. The van der Waals surface area contributed by atoms with Crippen molar-refractivity contribution in [1.82, 2.24) is 0 Å². The van der Waals surface area contributed by atoms with Crippen molar-refractivity contribution in [3.8, 4) is 0 Å². The summed E-state index contributed by atoms with van der Waals surface area (Å²) in [4.78, 5) is 0. The van der Waals surface area contributed by atoms with Gasteiger partial charge in [0.15, 0.2) is 0 Å². The molecule has 21 heavy (non-hydrogen) atoms. The first kappa shape index (κ1) is 15.9. The number of hydrogen-bond acceptors (Lipinski definition) is 2. The van der Waals surface area contributed by atoms with Crippen molar-refractivity contribution in [2.75, 3.05) is 11.9 Å². The molecule has 1 unspecified atom stereocenters. The molecule has 0 saturated heterocycles. The minimum Gasteiger partial charge on any atom is -0.394 e. The summed E-state index contributed by atoms with van der Waals surface area (Å²) in [6.07, 6.45) is -4.45. The van der Waals surface area contributed by atoms with Crippen LogP contribution in [0.4, 0.5) is 18.9 Å². The van der Waals surface area contributed by atoms with Crippen LogP contribution in [-0.2, 0) is 6.18 Å². The Balaban J connectivity index is 2.32. The van der Waals surface area contributed by atoms with Gasteiger partial charge < -0.3 is 10.4 Å². The van der Waals surface area contributed by atoms with Crippen molar-refractivity contribution < 1.29 is 18.3 Å². The molecule has 2 aromatic carbocycles. The first-order chi connectivity index (χ1) is 9.91. The number of benzene rings is 2. The van der Waals surface area contributed by atoms with E-state index in [9.17, 15) is 18.3 Å². The first-order valence-corrected chi connectivity index (χ1v) is 7.00. The van der Waals surface area contributed by atoms with Gasteiger partial charge in [-0.2, -0.15) is 13.2 Å². The van der Waals surface area contributed by atoms with Gasteiger partial charge in [0.25, 0.3) is 0 Å². The van der Waals surface area contributed by atoms with E-state index in [2.05, 4.69) is 21.2 Å². The zero-order valence-corrected chi connectivity index (χ0v) is 12.4. The smallest absolute Gasteiger partial charge is 0.394 e. The Bertz CT molecular complexity index is 599. The van der Waals surface area contributed by atoms with Gasteiger partial charge in [0, 0.05) is 10.2 Å². The zero-order chi connectivity index (χ0) is 15.5. The lowest BCUT2D eigenvalue weighted by Crippen LogP contribution is -2.20. The van der Waals surface area contributed by atoms with Crippen LogP contribution in [-0.4, -0.2) is 11.7 Å². The summed E-state index contributed by atoms with van der Waals surface area (Å²) in [6, 6.07) is 11.4. The number of aliphatic hydroxyl groups excluding tert-OH is 1. The minimum atomic E-state index is -4.45. The van der Waals surface area contributed by atoms with Crippen LogP contribution in [0.25, 0.3) is 0 Å². The predicted molar refractivity (Wildman–Crippen MR) is 79.0 cm³/mol. The molecule has 0 bridgehead atoms. The second-order valence-electron chi connectivity index (χ2n) is 4.47. The van der Waals surface area contributed by atoms with Crippen molar-refractivity contribution >= 4 is 21.6 Å². The Morgan fingerprint density at radius 3 is 2.24 bits per heavy atom. The molecule has 112 valence electrons. The molecule has 0 aliphatic rings. The molecule has 0 radical (unpaired) electrons. The van der Waals surface area contributed by atoms with Crippen LogP contribution in [0.5, 0.6) is 0 Å². The van der Waals surface area contributed by atoms with Crippen molar-refractivity contribution in [1.29, 1.82) is 0 Å². The molecule has 2 aromatic rings. The van der Waals surface area contributed by atoms with Gasteiger partial charge in [0.05, 0.1) is 18.2 Å². The summed E-state index contributed by atoms with van der Waals surface area (Å²) in [5.41, 5.74) is -0.0849. The number of aliphatic hydroxyl groups is 1. The van der Waals surface area contributed by atoms with Crippen molar-refractivity contribution in [3.63, 3.8) is 0 Å². The third-order valence-corrected chi connectivity index (χ3v) is 3.54. The Labute approximate surface area is 128 Å². The van der Waals surface area contributed by atoms with E-state index in [0.29, 0.717) is 5.69 Å². The number of nitrogens with one attached hydrogen (secondary N) is 1. The maximum Gasteiger partial charge on any atom is 0.416 e. The van der Waals surface area contributed by atoms with Gasteiger partial charge >= 0.3 is 6.18 Å². The highest BCUT2D eigenvalue weighted by atomic mass is 79.9. The Kier molecular flexibility index (Phi) is 4.90. The van der Waals surface area contributed by atoms with Crippen molar-refractivity contribution in [2.24, 2.45) is 0 Å². The molecule has 0 aromatic heterocycles. The molecule has 0 heterocycles. The second-order valence-corrected chi connectivity index (χ2v) is 5.39. The molecule has 0 aliphatic carbocycles. The number of anilines is 1. The maximum atomic E-state index is 13.0. The summed E-state index contributed by atoms with van der Waals surface area (Å²) in [6.45, 7) is -0.441. The average molecular weight is 360 g/mol. The SMILES string of the molecule is OCC(Nc1ccc(Br)cc1)c1ccccc1C(F)(F)F. The molecule has 0 fully saturated rings. The molecule has 2 rings (SSSR count). The van der Waals surface area contributed by atoms with Crippen LogP contribution in [0.1, 0.15) is 17.2 Å². The normalized spacial score (nSPS) is 13.0. The molecule has 6 heteroatoms. The van der Waals surface area contributed by atoms with Crippen LogP contribution < -0.4 is 5.32 Å². The summed E-state index contributed by atoms with van der Waals surface area (Å²) >= 11 is 3.29. The molecule has 0 saturated carbocycles. The van der Waals surface area contributed by atoms with Gasteiger partial charge in [0.2, 0.25) is 0 Å². The Morgan fingerprint density at radius 2 is 1.67 bits per heavy atom. The van der Waals surface area contributed by atoms with E-state index in [0.717, 1.165) is 10.5 Å². The van der Waals surface area contributed by atoms with Crippen LogP contribution in [0, 0.1) is 0 Å². The van der Waals surface area contributed by atoms with Crippen LogP contribution in [0.15, 0.2) is 53.0 Å². The van der Waals surface area contributed by atoms with Gasteiger partial charge in [-0.05, 0) is 35.9 Å². The van der Waals surface area contributed by atoms with Gasteiger partial charge in [-0.25, -0.2) is 0 Å². The summed E-state index contributed by atoms with van der Waals surface area (Å²) in [5, 5.41) is 12.4. The molecule has 0 amide bonds. The van der Waals surface area contributed by atoms with E-state index in [4.69, 9.17) is 0 Å².